The molecule has 1 fully saturated rings. The van der Waals surface area contributed by atoms with E-state index in [1.54, 1.807) is 7.11 Å². The lowest BCUT2D eigenvalue weighted by atomic mass is 10.0. The first-order chi connectivity index (χ1) is 7.27. The van der Waals surface area contributed by atoms with Gasteiger partial charge in [-0.2, -0.15) is 0 Å². The number of nitrogens with one attached hydrogen (secondary N) is 1. The fourth-order valence-corrected chi connectivity index (χ4v) is 2.15. The highest BCUT2D eigenvalue weighted by atomic mass is 16.5. The molecule has 0 aromatic carbocycles. The van der Waals surface area contributed by atoms with Crippen LogP contribution in [0.3, 0.4) is 0 Å². The van der Waals surface area contributed by atoms with Crippen molar-refractivity contribution < 1.29 is 9.47 Å². The van der Waals surface area contributed by atoms with Crippen LogP contribution in [0.25, 0.3) is 0 Å². The minimum Gasteiger partial charge on any atom is -0.385 e. The maximum absolute atomic E-state index is 5.72. The van der Waals surface area contributed by atoms with E-state index in [2.05, 4.69) is 19.2 Å². The van der Waals surface area contributed by atoms with Crippen LogP contribution in [0.2, 0.25) is 0 Å². The first-order valence-electron chi connectivity index (χ1n) is 6.14. The van der Waals surface area contributed by atoms with Gasteiger partial charge < -0.3 is 14.8 Å². The van der Waals surface area contributed by atoms with Crippen molar-refractivity contribution in [3.8, 4) is 0 Å². The molecule has 1 aliphatic rings. The van der Waals surface area contributed by atoms with E-state index < -0.39 is 0 Å². The zero-order valence-corrected chi connectivity index (χ0v) is 10.3. The number of methoxy groups -OCH3 is 1. The van der Waals surface area contributed by atoms with Gasteiger partial charge in [0, 0.05) is 32.4 Å². The first kappa shape index (κ1) is 12.9. The largest absolute Gasteiger partial charge is 0.385 e. The highest BCUT2D eigenvalue weighted by Gasteiger charge is 2.25. The predicted octanol–water partition coefficient (Wildman–Crippen LogP) is 1.96. The quantitative estimate of drug-likeness (QED) is 0.704. The monoisotopic (exact) mass is 215 g/mol. The van der Waals surface area contributed by atoms with E-state index in [1.807, 2.05) is 0 Å². The number of hydrogen-bond acceptors (Lipinski definition) is 3. The van der Waals surface area contributed by atoms with Gasteiger partial charge in [-0.15, -0.1) is 0 Å². The molecule has 1 heterocycles. The summed E-state index contributed by atoms with van der Waals surface area (Å²) in [6.07, 6.45) is 5.07. The number of hydrogen-bond donors (Lipinski definition) is 1. The first-order valence-corrected chi connectivity index (χ1v) is 6.14. The van der Waals surface area contributed by atoms with Crippen LogP contribution in [0.4, 0.5) is 0 Å². The molecule has 0 spiro atoms. The molecule has 0 aliphatic carbocycles. The van der Waals surface area contributed by atoms with Crippen molar-refractivity contribution in [1.29, 1.82) is 0 Å². The molecule has 0 saturated carbocycles. The Morgan fingerprint density at radius 2 is 2.33 bits per heavy atom. The van der Waals surface area contributed by atoms with Crippen molar-refractivity contribution in [3.63, 3.8) is 0 Å². The topological polar surface area (TPSA) is 30.5 Å². The third-order valence-corrected chi connectivity index (χ3v) is 3.11. The molecule has 0 bridgehead atoms. The van der Waals surface area contributed by atoms with Gasteiger partial charge in [-0.3, -0.25) is 0 Å². The molecule has 3 unspecified atom stereocenters. The van der Waals surface area contributed by atoms with Gasteiger partial charge in [0.25, 0.3) is 0 Å². The van der Waals surface area contributed by atoms with Crippen molar-refractivity contribution in [1.82, 2.24) is 5.32 Å². The summed E-state index contributed by atoms with van der Waals surface area (Å²) in [6.45, 7) is 6.21. The van der Waals surface area contributed by atoms with Gasteiger partial charge in [0.1, 0.15) is 0 Å². The minimum absolute atomic E-state index is 0.431. The average Bonchev–Trinajstić information content (AvgIpc) is 2.76. The van der Waals surface area contributed by atoms with E-state index in [0.717, 1.165) is 26.1 Å². The van der Waals surface area contributed by atoms with Gasteiger partial charge >= 0.3 is 0 Å². The second-order valence-electron chi connectivity index (χ2n) is 4.42. The van der Waals surface area contributed by atoms with Gasteiger partial charge in [0.2, 0.25) is 0 Å². The van der Waals surface area contributed by atoms with E-state index in [9.17, 15) is 0 Å². The van der Waals surface area contributed by atoms with Crippen molar-refractivity contribution in [3.05, 3.63) is 0 Å². The normalized spacial score (nSPS) is 25.4. The van der Waals surface area contributed by atoms with Gasteiger partial charge in [0.15, 0.2) is 0 Å². The summed E-state index contributed by atoms with van der Waals surface area (Å²) in [5, 5.41) is 3.64. The minimum atomic E-state index is 0.431. The smallest absolute Gasteiger partial charge is 0.0728 e. The van der Waals surface area contributed by atoms with E-state index in [1.165, 1.54) is 12.8 Å². The number of ether oxygens (including phenoxy) is 2. The highest BCUT2D eigenvalue weighted by Crippen LogP contribution is 2.18. The van der Waals surface area contributed by atoms with Crippen LogP contribution < -0.4 is 5.32 Å². The summed E-state index contributed by atoms with van der Waals surface area (Å²) in [4.78, 5) is 0. The Kier molecular flexibility index (Phi) is 6.22. The Hall–Kier alpha value is -0.120. The lowest BCUT2D eigenvalue weighted by Crippen LogP contribution is -2.44. The molecule has 1 saturated heterocycles. The van der Waals surface area contributed by atoms with E-state index >= 15 is 0 Å². The van der Waals surface area contributed by atoms with Crippen LogP contribution in [0.5, 0.6) is 0 Å². The van der Waals surface area contributed by atoms with Gasteiger partial charge in [-0.25, -0.2) is 0 Å². The number of rotatable bonds is 7. The van der Waals surface area contributed by atoms with Crippen molar-refractivity contribution in [2.24, 2.45) is 0 Å². The predicted molar refractivity (Wildman–Crippen MR) is 62.1 cm³/mol. The Morgan fingerprint density at radius 1 is 1.53 bits per heavy atom. The van der Waals surface area contributed by atoms with Crippen LogP contribution in [0, 0.1) is 0 Å². The SMILES string of the molecule is CCC(NC(C)CCOC)C1CCCO1. The Morgan fingerprint density at radius 3 is 2.87 bits per heavy atom. The molecule has 3 atom stereocenters. The van der Waals surface area contributed by atoms with Crippen molar-refractivity contribution in [2.75, 3.05) is 20.3 Å². The summed E-state index contributed by atoms with van der Waals surface area (Å²) in [5.41, 5.74) is 0. The molecule has 0 amide bonds. The molecule has 1 aliphatic heterocycles. The van der Waals surface area contributed by atoms with Crippen LogP contribution in [0.1, 0.15) is 39.5 Å². The fourth-order valence-electron chi connectivity index (χ4n) is 2.15. The van der Waals surface area contributed by atoms with Crippen LogP contribution in [0.15, 0.2) is 0 Å². The van der Waals surface area contributed by atoms with E-state index in [4.69, 9.17) is 9.47 Å². The zero-order chi connectivity index (χ0) is 11.1. The van der Waals surface area contributed by atoms with Gasteiger partial charge in [-0.1, -0.05) is 6.92 Å². The van der Waals surface area contributed by atoms with Gasteiger partial charge in [0.05, 0.1) is 6.10 Å². The van der Waals surface area contributed by atoms with E-state index in [-0.39, 0.29) is 0 Å². The summed E-state index contributed by atoms with van der Waals surface area (Å²) in [7, 11) is 1.75. The molecular formula is C12H25NO2. The standard InChI is InChI=1S/C12H25NO2/c1-4-11(12-6-5-8-15-12)13-10(2)7-9-14-3/h10-13H,4-9H2,1-3H3. The fraction of sp³-hybridized carbons (Fsp3) is 1.00. The maximum atomic E-state index is 5.72. The lowest BCUT2D eigenvalue weighted by molar-refractivity contribution is 0.0712. The average molecular weight is 215 g/mol. The van der Waals surface area contributed by atoms with Crippen LogP contribution >= 0.6 is 0 Å². The molecule has 1 N–H and O–H groups in total. The summed E-state index contributed by atoms with van der Waals surface area (Å²) in [5.74, 6) is 0. The summed E-state index contributed by atoms with van der Waals surface area (Å²) in [6, 6.07) is 1.03. The molecule has 1 rings (SSSR count). The molecule has 90 valence electrons. The Bertz CT molecular complexity index is 158. The maximum Gasteiger partial charge on any atom is 0.0728 e. The Labute approximate surface area is 93.5 Å². The second-order valence-corrected chi connectivity index (χ2v) is 4.42. The molecule has 3 nitrogen and oxygen atoms in total. The molecular weight excluding hydrogens is 190 g/mol. The van der Waals surface area contributed by atoms with Crippen LogP contribution in [-0.4, -0.2) is 38.5 Å². The van der Waals surface area contributed by atoms with Crippen LogP contribution in [-0.2, 0) is 9.47 Å². The highest BCUT2D eigenvalue weighted by molar-refractivity contribution is 4.81. The molecule has 15 heavy (non-hydrogen) atoms. The molecule has 0 radical (unpaired) electrons. The van der Waals surface area contributed by atoms with Crippen molar-refractivity contribution >= 4 is 0 Å². The second kappa shape index (κ2) is 7.20. The third kappa shape index (κ3) is 4.49. The van der Waals surface area contributed by atoms with E-state index in [0.29, 0.717) is 18.2 Å². The Balaban J connectivity index is 2.25. The molecule has 0 aromatic rings. The zero-order valence-electron chi connectivity index (χ0n) is 10.3. The third-order valence-electron chi connectivity index (χ3n) is 3.11. The summed E-state index contributed by atoms with van der Waals surface area (Å²) >= 11 is 0. The van der Waals surface area contributed by atoms with Crippen molar-refractivity contribution in [2.45, 2.75) is 57.7 Å². The summed E-state index contributed by atoms with van der Waals surface area (Å²) < 4.78 is 10.8. The molecule has 3 heteroatoms. The lowest BCUT2D eigenvalue weighted by Gasteiger charge is -2.26. The molecule has 0 aromatic heterocycles. The van der Waals surface area contributed by atoms with Gasteiger partial charge in [-0.05, 0) is 32.6 Å².